The Balaban J connectivity index is 1.76. The number of anilines is 1. The average Bonchev–Trinajstić information content (AvgIpc) is 2.84. The van der Waals surface area contributed by atoms with Gasteiger partial charge in [-0.2, -0.15) is 0 Å². The van der Waals surface area contributed by atoms with Gasteiger partial charge in [-0.3, -0.25) is 19.3 Å². The summed E-state index contributed by atoms with van der Waals surface area (Å²) >= 11 is 11.7. The van der Waals surface area contributed by atoms with E-state index in [-0.39, 0.29) is 49.8 Å². The number of halogens is 2. The maximum Gasteiger partial charge on any atom is 0.326 e. The maximum absolute atomic E-state index is 12.1. The Kier molecular flexibility index (Phi) is 7.04. The monoisotopic (exact) mass is 414 g/mol. The fourth-order valence-corrected chi connectivity index (χ4v) is 2.84. The largest absolute Gasteiger partial charge is 0.336 e. The number of nitrogens with zero attached hydrogens (tertiary/aromatic N) is 3. The van der Waals surface area contributed by atoms with Gasteiger partial charge in [-0.15, -0.1) is 0 Å². The van der Waals surface area contributed by atoms with E-state index >= 15 is 0 Å². The van der Waals surface area contributed by atoms with Gasteiger partial charge in [0.1, 0.15) is 6.54 Å². The number of carbonyl (C=O) groups excluding carboxylic acids is 4. The molecule has 0 aromatic heterocycles. The van der Waals surface area contributed by atoms with Crippen LogP contribution in [0.2, 0.25) is 10.0 Å². The Morgan fingerprint density at radius 1 is 1.22 bits per heavy atom. The van der Waals surface area contributed by atoms with Crippen LogP contribution >= 0.6 is 23.2 Å². The van der Waals surface area contributed by atoms with Gasteiger partial charge in [-0.05, 0) is 24.6 Å². The molecule has 1 aromatic carbocycles. The molecule has 1 aliphatic heterocycles. The highest BCUT2D eigenvalue weighted by molar-refractivity contribution is 6.42. The molecule has 1 aromatic rings. The molecule has 2 rings (SSSR count). The van der Waals surface area contributed by atoms with Crippen LogP contribution in [0.4, 0.5) is 10.5 Å². The van der Waals surface area contributed by atoms with Gasteiger partial charge in [0, 0.05) is 32.7 Å². The third kappa shape index (κ3) is 5.58. The van der Waals surface area contributed by atoms with E-state index in [0.29, 0.717) is 22.2 Å². The van der Waals surface area contributed by atoms with Gasteiger partial charge in [0.2, 0.25) is 17.7 Å². The van der Waals surface area contributed by atoms with Crippen LogP contribution in [0.5, 0.6) is 0 Å². The van der Waals surface area contributed by atoms with Crippen molar-refractivity contribution in [2.75, 3.05) is 39.0 Å². The van der Waals surface area contributed by atoms with Gasteiger partial charge in [-0.1, -0.05) is 23.2 Å². The standard InChI is InChI=1S/C17H20Cl2N4O4/c1-21(9-14(24)20-11-5-6-12(18)13(19)8-11)15(25)4-3-7-23-16(26)10-22(2)17(23)27/h5-6,8H,3-4,7,9-10H2,1-2H3,(H,20,24). The topological polar surface area (TPSA) is 90.0 Å². The molecule has 0 bridgehead atoms. The smallest absolute Gasteiger partial charge is 0.326 e. The van der Waals surface area contributed by atoms with E-state index < -0.39 is 0 Å². The van der Waals surface area contributed by atoms with Gasteiger partial charge in [0.05, 0.1) is 16.6 Å². The number of amides is 5. The molecule has 1 saturated heterocycles. The van der Waals surface area contributed by atoms with Crippen molar-refractivity contribution in [2.45, 2.75) is 12.8 Å². The molecule has 8 nitrogen and oxygen atoms in total. The molecule has 1 aliphatic rings. The lowest BCUT2D eigenvalue weighted by molar-refractivity contribution is -0.133. The molecule has 0 atom stereocenters. The molecule has 1 fully saturated rings. The fraction of sp³-hybridized carbons (Fsp3) is 0.412. The van der Waals surface area contributed by atoms with Crippen LogP contribution < -0.4 is 5.32 Å². The summed E-state index contributed by atoms with van der Waals surface area (Å²) in [6.45, 7) is 0.0992. The highest BCUT2D eigenvalue weighted by atomic mass is 35.5. The minimum Gasteiger partial charge on any atom is -0.336 e. The van der Waals surface area contributed by atoms with E-state index in [0.717, 1.165) is 4.90 Å². The summed E-state index contributed by atoms with van der Waals surface area (Å²) in [6.07, 6.45) is 0.459. The lowest BCUT2D eigenvalue weighted by Gasteiger charge is -2.18. The highest BCUT2D eigenvalue weighted by Gasteiger charge is 2.32. The van der Waals surface area contributed by atoms with E-state index in [9.17, 15) is 19.2 Å². The third-order valence-electron chi connectivity index (χ3n) is 4.01. The van der Waals surface area contributed by atoms with Crippen LogP contribution in [0.15, 0.2) is 18.2 Å². The number of hydrogen-bond acceptors (Lipinski definition) is 4. The minimum atomic E-state index is -0.379. The van der Waals surface area contributed by atoms with Gasteiger partial charge < -0.3 is 15.1 Å². The number of urea groups is 1. The molecule has 0 spiro atoms. The van der Waals surface area contributed by atoms with Crippen LogP contribution in [-0.4, -0.2) is 72.2 Å². The van der Waals surface area contributed by atoms with E-state index in [1.807, 2.05) is 0 Å². The van der Waals surface area contributed by atoms with Crippen molar-refractivity contribution in [1.29, 1.82) is 0 Å². The zero-order valence-corrected chi connectivity index (χ0v) is 16.5. The van der Waals surface area contributed by atoms with Gasteiger partial charge in [0.25, 0.3) is 0 Å². The Labute approximate surface area is 167 Å². The summed E-state index contributed by atoms with van der Waals surface area (Å²) in [5, 5.41) is 3.33. The first-order chi connectivity index (χ1) is 12.7. The second-order valence-electron chi connectivity index (χ2n) is 6.21. The van der Waals surface area contributed by atoms with Gasteiger partial charge in [0.15, 0.2) is 0 Å². The Hall–Kier alpha value is -2.32. The number of hydrogen-bond donors (Lipinski definition) is 1. The quantitative estimate of drug-likeness (QED) is 0.691. The Morgan fingerprint density at radius 2 is 1.93 bits per heavy atom. The zero-order valence-electron chi connectivity index (χ0n) is 15.0. The van der Waals surface area contributed by atoms with Crippen molar-refractivity contribution < 1.29 is 19.2 Å². The van der Waals surface area contributed by atoms with E-state index in [4.69, 9.17) is 23.2 Å². The van der Waals surface area contributed by atoms with Crippen LogP contribution in [0, 0.1) is 0 Å². The number of benzene rings is 1. The van der Waals surface area contributed by atoms with Crippen molar-refractivity contribution in [2.24, 2.45) is 0 Å². The number of rotatable bonds is 7. The first-order valence-electron chi connectivity index (χ1n) is 8.23. The lowest BCUT2D eigenvalue weighted by atomic mass is 10.2. The van der Waals surface area contributed by atoms with Crippen LogP contribution in [0.25, 0.3) is 0 Å². The molecule has 0 aliphatic carbocycles. The molecule has 27 heavy (non-hydrogen) atoms. The predicted octanol–water partition coefficient (Wildman–Crippen LogP) is 2.06. The SMILES string of the molecule is CN(CC(=O)Nc1ccc(Cl)c(Cl)c1)C(=O)CCCN1C(=O)CN(C)C1=O. The van der Waals surface area contributed by atoms with E-state index in [1.54, 1.807) is 19.2 Å². The molecular formula is C17H20Cl2N4O4. The minimum absolute atomic E-state index is 0.0571. The molecule has 5 amide bonds. The summed E-state index contributed by atoms with van der Waals surface area (Å²) in [4.78, 5) is 51.3. The first-order valence-corrected chi connectivity index (χ1v) is 8.99. The zero-order chi connectivity index (χ0) is 20.1. The number of imide groups is 1. The average molecular weight is 415 g/mol. The van der Waals surface area contributed by atoms with Crippen LogP contribution in [-0.2, 0) is 14.4 Å². The van der Waals surface area contributed by atoms with E-state index in [2.05, 4.69) is 5.32 Å². The normalized spacial score (nSPS) is 13.9. The number of likely N-dealkylation sites (N-methyl/N-ethyl adjacent to an activating group) is 2. The number of nitrogens with one attached hydrogen (secondary N) is 1. The van der Waals surface area contributed by atoms with Gasteiger partial charge >= 0.3 is 6.03 Å². The third-order valence-corrected chi connectivity index (χ3v) is 4.75. The number of carbonyl (C=O) groups is 4. The van der Waals surface area contributed by atoms with E-state index in [1.165, 1.54) is 22.9 Å². The molecule has 1 N–H and O–H groups in total. The molecule has 10 heteroatoms. The molecular weight excluding hydrogens is 395 g/mol. The predicted molar refractivity (Wildman–Crippen MR) is 102 cm³/mol. The second kappa shape index (κ2) is 9.05. The van der Waals surface area contributed by atoms with Crippen molar-refractivity contribution in [1.82, 2.24) is 14.7 Å². The highest BCUT2D eigenvalue weighted by Crippen LogP contribution is 2.24. The summed E-state index contributed by atoms with van der Waals surface area (Å²) in [5.41, 5.74) is 0.477. The molecule has 0 radical (unpaired) electrons. The lowest BCUT2D eigenvalue weighted by Crippen LogP contribution is -2.36. The van der Waals surface area contributed by atoms with Gasteiger partial charge in [-0.25, -0.2) is 4.79 Å². The first kappa shape index (κ1) is 21.0. The van der Waals surface area contributed by atoms with Crippen molar-refractivity contribution >= 4 is 52.6 Å². The maximum atomic E-state index is 12.1. The van der Waals surface area contributed by atoms with Crippen LogP contribution in [0.3, 0.4) is 0 Å². The summed E-state index contributed by atoms with van der Waals surface area (Å²) in [6, 6.07) is 4.33. The molecule has 0 saturated carbocycles. The Bertz CT molecular complexity index is 771. The summed E-state index contributed by atoms with van der Waals surface area (Å²) in [7, 11) is 3.06. The Morgan fingerprint density at radius 3 is 2.52 bits per heavy atom. The summed E-state index contributed by atoms with van der Waals surface area (Å²) in [5.74, 6) is -0.910. The fourth-order valence-electron chi connectivity index (χ4n) is 2.55. The van der Waals surface area contributed by atoms with Crippen LogP contribution in [0.1, 0.15) is 12.8 Å². The molecule has 1 heterocycles. The van der Waals surface area contributed by atoms with Crippen molar-refractivity contribution in [3.8, 4) is 0 Å². The summed E-state index contributed by atoms with van der Waals surface area (Å²) < 4.78 is 0. The molecule has 0 unspecified atom stereocenters. The van der Waals surface area contributed by atoms with Crippen molar-refractivity contribution in [3.63, 3.8) is 0 Å². The molecule has 146 valence electrons. The second-order valence-corrected chi connectivity index (χ2v) is 7.03. The van der Waals surface area contributed by atoms with Crippen molar-refractivity contribution in [3.05, 3.63) is 28.2 Å².